The van der Waals surface area contributed by atoms with Crippen molar-refractivity contribution in [1.29, 1.82) is 0 Å². The van der Waals surface area contributed by atoms with Crippen LogP contribution in [-0.2, 0) is 0 Å². The molecule has 1 aromatic rings. The molecule has 0 aliphatic rings. The van der Waals surface area contributed by atoms with Gasteiger partial charge in [0.1, 0.15) is 5.82 Å². The average Bonchev–Trinajstić information content (AvgIpc) is 2.03. The average molecular weight is 184 g/mol. The van der Waals surface area contributed by atoms with Gasteiger partial charge in [-0.15, -0.1) is 0 Å². The van der Waals surface area contributed by atoms with Crippen LogP contribution < -0.4 is 16.2 Å². The Labute approximate surface area is 75.6 Å². The van der Waals surface area contributed by atoms with Crippen molar-refractivity contribution in [2.75, 3.05) is 24.7 Å². The molecule has 0 aliphatic heterocycles. The molecule has 0 fully saturated rings. The molecule has 1 rings (SSSR count). The molecule has 0 bridgehead atoms. The lowest BCUT2D eigenvalue weighted by molar-refractivity contribution is 0.229. The van der Waals surface area contributed by atoms with Gasteiger partial charge in [-0.25, -0.2) is 0 Å². The number of nitrogens with two attached hydrogens (primary N) is 2. The second-order valence-corrected chi connectivity index (χ2v) is 2.41. The number of aliphatic hydroxyl groups is 1. The van der Waals surface area contributed by atoms with Gasteiger partial charge in [0.25, 0.3) is 0 Å². The zero-order chi connectivity index (χ0) is 9.68. The summed E-state index contributed by atoms with van der Waals surface area (Å²) in [4.78, 5) is 7.47. The van der Waals surface area contributed by atoms with Crippen molar-refractivity contribution in [2.24, 2.45) is 0 Å². The summed E-state index contributed by atoms with van der Waals surface area (Å²) in [6, 6.07) is 1.48. The third kappa shape index (κ3) is 3.12. The van der Waals surface area contributed by atoms with Gasteiger partial charge < -0.3 is 21.3 Å². The smallest absolute Gasteiger partial charge is 0.225 e. The molecule has 0 radical (unpaired) electrons. The first kappa shape index (κ1) is 9.53. The molecule has 0 atom stereocenters. The zero-order valence-corrected chi connectivity index (χ0v) is 7.10. The molecular weight excluding hydrogens is 172 g/mol. The van der Waals surface area contributed by atoms with Crippen LogP contribution in [0.2, 0.25) is 0 Å². The van der Waals surface area contributed by atoms with Crippen molar-refractivity contribution < 1.29 is 9.84 Å². The van der Waals surface area contributed by atoms with E-state index in [1.165, 1.54) is 6.07 Å². The summed E-state index contributed by atoms with van der Waals surface area (Å²) in [5.74, 6) is 0.684. The number of rotatable bonds is 4. The molecule has 6 heteroatoms. The van der Waals surface area contributed by atoms with Crippen LogP contribution in [0.15, 0.2) is 6.07 Å². The predicted molar refractivity (Wildman–Crippen MR) is 48.1 cm³/mol. The number of nitrogen functional groups attached to an aromatic ring is 2. The van der Waals surface area contributed by atoms with Crippen molar-refractivity contribution in [2.45, 2.75) is 6.42 Å². The Balaban J connectivity index is 2.56. The largest absolute Gasteiger partial charge is 0.477 e. The predicted octanol–water partition coefficient (Wildman–Crippen LogP) is -0.598. The molecule has 0 amide bonds. The molecule has 0 saturated heterocycles. The topological polar surface area (TPSA) is 107 Å². The molecule has 1 heterocycles. The Hall–Kier alpha value is -1.56. The summed E-state index contributed by atoms with van der Waals surface area (Å²) in [7, 11) is 0. The highest BCUT2D eigenvalue weighted by Gasteiger charge is 1.99. The number of aromatic nitrogens is 2. The first-order valence-electron chi connectivity index (χ1n) is 3.86. The van der Waals surface area contributed by atoms with Crippen LogP contribution in [0.5, 0.6) is 5.88 Å². The highest BCUT2D eigenvalue weighted by molar-refractivity contribution is 5.38. The Bertz CT molecular complexity index is 259. The molecule has 6 nitrogen and oxygen atoms in total. The van der Waals surface area contributed by atoms with Gasteiger partial charge in [-0.05, 0) is 0 Å². The minimum absolute atomic E-state index is 0.0794. The lowest BCUT2D eigenvalue weighted by Gasteiger charge is -2.04. The quantitative estimate of drug-likeness (QED) is 0.539. The molecule has 0 saturated carbocycles. The first-order valence-corrected chi connectivity index (χ1v) is 3.86. The number of aliphatic hydroxyl groups excluding tert-OH is 1. The van der Waals surface area contributed by atoms with E-state index in [0.29, 0.717) is 18.9 Å². The fourth-order valence-electron chi connectivity index (χ4n) is 0.776. The summed E-state index contributed by atoms with van der Waals surface area (Å²) >= 11 is 0. The SMILES string of the molecule is Nc1cc(OCCCO)nc(N)n1. The summed E-state index contributed by atoms with van der Waals surface area (Å²) in [5.41, 5.74) is 10.7. The lowest BCUT2D eigenvalue weighted by Crippen LogP contribution is -2.05. The molecule has 5 N–H and O–H groups in total. The fraction of sp³-hybridized carbons (Fsp3) is 0.429. The van der Waals surface area contributed by atoms with Gasteiger partial charge in [0, 0.05) is 19.1 Å². The van der Waals surface area contributed by atoms with Crippen molar-refractivity contribution in [3.63, 3.8) is 0 Å². The van der Waals surface area contributed by atoms with Gasteiger partial charge in [-0.3, -0.25) is 0 Å². The molecule has 72 valence electrons. The highest BCUT2D eigenvalue weighted by atomic mass is 16.5. The molecule has 13 heavy (non-hydrogen) atoms. The van der Waals surface area contributed by atoms with Gasteiger partial charge in [0.05, 0.1) is 6.61 Å². The van der Waals surface area contributed by atoms with Crippen LogP contribution >= 0.6 is 0 Å². The number of hydrogen-bond acceptors (Lipinski definition) is 6. The maximum absolute atomic E-state index is 8.49. The van der Waals surface area contributed by atoms with Gasteiger partial charge in [-0.1, -0.05) is 0 Å². The molecule has 0 unspecified atom stereocenters. The van der Waals surface area contributed by atoms with Crippen LogP contribution in [0.1, 0.15) is 6.42 Å². The summed E-state index contributed by atoms with van der Waals surface area (Å²) in [6.07, 6.45) is 0.545. The van der Waals surface area contributed by atoms with Crippen LogP contribution in [0, 0.1) is 0 Å². The molecule has 0 spiro atoms. The van der Waals surface area contributed by atoms with Gasteiger partial charge in [0.15, 0.2) is 0 Å². The van der Waals surface area contributed by atoms with Crippen LogP contribution in [0.4, 0.5) is 11.8 Å². The monoisotopic (exact) mass is 184 g/mol. The number of ether oxygens (including phenoxy) is 1. The van der Waals surface area contributed by atoms with Crippen molar-refractivity contribution >= 4 is 11.8 Å². The van der Waals surface area contributed by atoms with E-state index in [4.69, 9.17) is 21.3 Å². The summed E-state index contributed by atoms with van der Waals surface area (Å²) in [5, 5.41) is 8.49. The second kappa shape index (κ2) is 4.46. The van der Waals surface area contributed by atoms with Gasteiger partial charge >= 0.3 is 0 Å². The molecular formula is C7H12N4O2. The van der Waals surface area contributed by atoms with E-state index in [1.54, 1.807) is 0 Å². The van der Waals surface area contributed by atoms with E-state index >= 15 is 0 Å². The molecule has 0 aliphatic carbocycles. The van der Waals surface area contributed by atoms with Crippen LogP contribution in [-0.4, -0.2) is 28.3 Å². The Morgan fingerprint density at radius 2 is 2.15 bits per heavy atom. The number of nitrogens with zero attached hydrogens (tertiary/aromatic N) is 2. The van der Waals surface area contributed by atoms with E-state index < -0.39 is 0 Å². The number of anilines is 2. The summed E-state index contributed by atoms with van der Waals surface area (Å²) < 4.78 is 5.14. The fourth-order valence-corrected chi connectivity index (χ4v) is 0.776. The van der Waals surface area contributed by atoms with E-state index in [1.807, 2.05) is 0 Å². The van der Waals surface area contributed by atoms with Gasteiger partial charge in [-0.2, -0.15) is 9.97 Å². The second-order valence-electron chi connectivity index (χ2n) is 2.41. The minimum atomic E-state index is 0.0794. The molecule has 0 aromatic carbocycles. The highest BCUT2D eigenvalue weighted by Crippen LogP contribution is 2.11. The van der Waals surface area contributed by atoms with Crippen LogP contribution in [0.25, 0.3) is 0 Å². The van der Waals surface area contributed by atoms with E-state index in [-0.39, 0.29) is 18.4 Å². The van der Waals surface area contributed by atoms with Crippen molar-refractivity contribution in [1.82, 2.24) is 9.97 Å². The maximum Gasteiger partial charge on any atom is 0.225 e. The van der Waals surface area contributed by atoms with E-state index in [0.717, 1.165) is 0 Å². The van der Waals surface area contributed by atoms with E-state index in [9.17, 15) is 0 Å². The first-order chi connectivity index (χ1) is 6.22. The third-order valence-corrected chi connectivity index (χ3v) is 1.29. The van der Waals surface area contributed by atoms with Crippen LogP contribution in [0.3, 0.4) is 0 Å². The Kier molecular flexibility index (Phi) is 3.27. The van der Waals surface area contributed by atoms with Crippen molar-refractivity contribution in [3.05, 3.63) is 6.07 Å². The zero-order valence-electron chi connectivity index (χ0n) is 7.10. The van der Waals surface area contributed by atoms with Gasteiger partial charge in [0.2, 0.25) is 11.8 Å². The maximum atomic E-state index is 8.49. The molecule has 1 aromatic heterocycles. The minimum Gasteiger partial charge on any atom is -0.477 e. The van der Waals surface area contributed by atoms with Crippen molar-refractivity contribution in [3.8, 4) is 5.88 Å². The Morgan fingerprint density at radius 1 is 1.38 bits per heavy atom. The number of hydrogen-bond donors (Lipinski definition) is 3. The third-order valence-electron chi connectivity index (χ3n) is 1.29. The lowest BCUT2D eigenvalue weighted by atomic mass is 10.5. The Morgan fingerprint density at radius 3 is 2.77 bits per heavy atom. The normalized spacial score (nSPS) is 9.92. The summed E-state index contributed by atoms with van der Waals surface area (Å²) in [6.45, 7) is 0.461. The standard InChI is InChI=1S/C7H12N4O2/c8-5-4-6(11-7(9)10-5)13-3-1-2-12/h4,12H,1-3H2,(H4,8,9,10,11). The van der Waals surface area contributed by atoms with E-state index in [2.05, 4.69) is 9.97 Å².